The Labute approximate surface area is 146 Å². The smallest absolute Gasteiger partial charge is 0.325 e. The van der Waals surface area contributed by atoms with Crippen LogP contribution in [0.3, 0.4) is 0 Å². The van der Waals surface area contributed by atoms with Crippen molar-refractivity contribution >= 4 is 23.5 Å². The van der Waals surface area contributed by atoms with E-state index in [0.717, 1.165) is 32.5 Å². The fraction of sp³-hybridized carbons (Fsp3) is 0.500. The Kier molecular flexibility index (Phi) is 6.94. The highest BCUT2D eigenvalue weighted by Crippen LogP contribution is 2.20. The number of hydrogen-bond acceptors (Lipinski definition) is 4. The predicted molar refractivity (Wildman–Crippen MR) is 92.4 cm³/mol. The van der Waals surface area contributed by atoms with E-state index in [-0.39, 0.29) is 5.91 Å². The normalized spacial score (nSPS) is 16.0. The lowest BCUT2D eigenvalue weighted by molar-refractivity contribution is -0.138. The molecule has 0 radical (unpaired) electrons. The number of aliphatic carboxylic acids is 1. The summed E-state index contributed by atoms with van der Waals surface area (Å²) in [6, 6.07) is 5.41. The number of anilines is 1. The van der Waals surface area contributed by atoms with Gasteiger partial charge in [0.1, 0.15) is 6.04 Å². The SMILES string of the molecule is CC(NC(=O)c1ccc(NC(=O)CCC2CCOCC2)cc1)C(=O)O. The molecule has 3 N–H and O–H groups in total. The van der Waals surface area contributed by atoms with Crippen LogP contribution in [0.4, 0.5) is 5.69 Å². The summed E-state index contributed by atoms with van der Waals surface area (Å²) in [6.07, 6.45) is 3.32. The number of nitrogens with one attached hydrogen (secondary N) is 2. The van der Waals surface area contributed by atoms with Gasteiger partial charge in [0.05, 0.1) is 0 Å². The van der Waals surface area contributed by atoms with Gasteiger partial charge in [0, 0.05) is 30.9 Å². The third-order valence-corrected chi connectivity index (χ3v) is 4.27. The van der Waals surface area contributed by atoms with E-state index >= 15 is 0 Å². The zero-order valence-electron chi connectivity index (χ0n) is 14.3. The molecule has 25 heavy (non-hydrogen) atoms. The summed E-state index contributed by atoms with van der Waals surface area (Å²) < 4.78 is 5.30. The molecule has 1 heterocycles. The molecule has 0 aromatic heterocycles. The molecular formula is C18H24N2O5. The maximum Gasteiger partial charge on any atom is 0.325 e. The molecule has 1 saturated heterocycles. The van der Waals surface area contributed by atoms with Gasteiger partial charge in [-0.25, -0.2) is 0 Å². The second kappa shape index (κ2) is 9.17. The number of ether oxygens (including phenoxy) is 1. The largest absolute Gasteiger partial charge is 0.480 e. The molecule has 1 unspecified atom stereocenters. The van der Waals surface area contributed by atoms with Crippen molar-refractivity contribution in [3.63, 3.8) is 0 Å². The standard InChI is InChI=1S/C18H24N2O5/c1-12(18(23)24)19-17(22)14-3-5-15(6-4-14)20-16(21)7-2-13-8-10-25-11-9-13/h3-6,12-13H,2,7-11H2,1H3,(H,19,22)(H,20,21)(H,23,24). The first-order valence-corrected chi connectivity index (χ1v) is 8.47. The summed E-state index contributed by atoms with van der Waals surface area (Å²) in [5.41, 5.74) is 0.952. The lowest BCUT2D eigenvalue weighted by atomic mass is 9.95. The minimum Gasteiger partial charge on any atom is -0.480 e. The van der Waals surface area contributed by atoms with Crippen molar-refractivity contribution in [1.82, 2.24) is 5.32 Å². The molecule has 136 valence electrons. The molecular weight excluding hydrogens is 324 g/mol. The lowest BCUT2D eigenvalue weighted by Crippen LogP contribution is -2.38. The van der Waals surface area contributed by atoms with Crippen molar-refractivity contribution in [2.45, 2.75) is 38.6 Å². The van der Waals surface area contributed by atoms with Crippen molar-refractivity contribution in [1.29, 1.82) is 0 Å². The molecule has 7 nitrogen and oxygen atoms in total. The first kappa shape index (κ1) is 18.9. The quantitative estimate of drug-likeness (QED) is 0.699. The molecule has 1 atom stereocenters. The van der Waals surface area contributed by atoms with E-state index < -0.39 is 17.9 Å². The van der Waals surface area contributed by atoms with Crippen LogP contribution in [0, 0.1) is 5.92 Å². The Hall–Kier alpha value is -2.41. The minimum absolute atomic E-state index is 0.0526. The summed E-state index contributed by atoms with van der Waals surface area (Å²) in [4.78, 5) is 34.7. The van der Waals surface area contributed by atoms with Gasteiger partial charge in [-0.2, -0.15) is 0 Å². The van der Waals surface area contributed by atoms with E-state index in [2.05, 4.69) is 10.6 Å². The molecule has 2 amide bonds. The summed E-state index contributed by atoms with van der Waals surface area (Å²) in [7, 11) is 0. The maximum absolute atomic E-state index is 12.0. The monoisotopic (exact) mass is 348 g/mol. The van der Waals surface area contributed by atoms with E-state index in [1.54, 1.807) is 24.3 Å². The van der Waals surface area contributed by atoms with Crippen LogP contribution in [0.25, 0.3) is 0 Å². The molecule has 1 fully saturated rings. The van der Waals surface area contributed by atoms with E-state index in [0.29, 0.717) is 23.6 Å². The first-order chi connectivity index (χ1) is 12.0. The third-order valence-electron chi connectivity index (χ3n) is 4.27. The van der Waals surface area contributed by atoms with Gasteiger partial charge in [0.15, 0.2) is 0 Å². The van der Waals surface area contributed by atoms with Gasteiger partial charge < -0.3 is 20.5 Å². The van der Waals surface area contributed by atoms with Crippen molar-refractivity contribution < 1.29 is 24.2 Å². The van der Waals surface area contributed by atoms with Gasteiger partial charge in [-0.05, 0) is 56.4 Å². The van der Waals surface area contributed by atoms with Crippen molar-refractivity contribution in [2.75, 3.05) is 18.5 Å². The van der Waals surface area contributed by atoms with Crippen LogP contribution in [-0.2, 0) is 14.3 Å². The van der Waals surface area contributed by atoms with Gasteiger partial charge >= 0.3 is 5.97 Å². The van der Waals surface area contributed by atoms with Crippen LogP contribution in [0.5, 0.6) is 0 Å². The number of carboxylic acid groups (broad SMARTS) is 1. The van der Waals surface area contributed by atoms with Crippen molar-refractivity contribution in [3.8, 4) is 0 Å². The zero-order valence-corrected chi connectivity index (χ0v) is 14.3. The third kappa shape index (κ3) is 6.19. The van der Waals surface area contributed by atoms with Crippen LogP contribution in [0.1, 0.15) is 43.0 Å². The van der Waals surface area contributed by atoms with Crippen LogP contribution >= 0.6 is 0 Å². The second-order valence-corrected chi connectivity index (χ2v) is 6.25. The number of amides is 2. The lowest BCUT2D eigenvalue weighted by Gasteiger charge is -2.21. The topological polar surface area (TPSA) is 105 Å². The Morgan fingerprint density at radius 2 is 1.84 bits per heavy atom. The molecule has 2 rings (SSSR count). The molecule has 1 aliphatic heterocycles. The van der Waals surface area contributed by atoms with E-state index in [9.17, 15) is 14.4 Å². The highest BCUT2D eigenvalue weighted by molar-refractivity contribution is 5.97. The maximum atomic E-state index is 12.0. The average Bonchev–Trinajstić information content (AvgIpc) is 2.61. The van der Waals surface area contributed by atoms with E-state index in [4.69, 9.17) is 9.84 Å². The summed E-state index contributed by atoms with van der Waals surface area (Å²) in [6.45, 7) is 2.94. The van der Waals surface area contributed by atoms with Crippen LogP contribution in [0.2, 0.25) is 0 Å². The Morgan fingerprint density at radius 1 is 1.20 bits per heavy atom. The molecule has 7 heteroatoms. The molecule has 0 aliphatic carbocycles. The van der Waals surface area contributed by atoms with Crippen LogP contribution in [-0.4, -0.2) is 42.1 Å². The van der Waals surface area contributed by atoms with Crippen molar-refractivity contribution in [3.05, 3.63) is 29.8 Å². The Bertz CT molecular complexity index is 608. The second-order valence-electron chi connectivity index (χ2n) is 6.25. The first-order valence-electron chi connectivity index (χ1n) is 8.47. The van der Waals surface area contributed by atoms with Gasteiger partial charge in [-0.3, -0.25) is 14.4 Å². The number of carboxylic acids is 1. The van der Waals surface area contributed by atoms with Crippen LogP contribution in [0.15, 0.2) is 24.3 Å². The Balaban J connectivity index is 1.79. The molecule has 1 aromatic carbocycles. The highest BCUT2D eigenvalue weighted by Gasteiger charge is 2.16. The Morgan fingerprint density at radius 3 is 2.44 bits per heavy atom. The molecule has 0 spiro atoms. The summed E-state index contributed by atoms with van der Waals surface area (Å²) in [5.74, 6) is -1.07. The average molecular weight is 348 g/mol. The van der Waals surface area contributed by atoms with E-state index in [1.165, 1.54) is 6.92 Å². The van der Waals surface area contributed by atoms with E-state index in [1.807, 2.05) is 0 Å². The van der Waals surface area contributed by atoms with Crippen molar-refractivity contribution in [2.24, 2.45) is 5.92 Å². The van der Waals surface area contributed by atoms with Crippen LogP contribution < -0.4 is 10.6 Å². The fourth-order valence-electron chi connectivity index (χ4n) is 2.64. The molecule has 1 aromatic rings. The molecule has 0 bridgehead atoms. The van der Waals surface area contributed by atoms with Gasteiger partial charge in [0.25, 0.3) is 5.91 Å². The highest BCUT2D eigenvalue weighted by atomic mass is 16.5. The van der Waals surface area contributed by atoms with Gasteiger partial charge in [0.2, 0.25) is 5.91 Å². The zero-order chi connectivity index (χ0) is 18.2. The van der Waals surface area contributed by atoms with Gasteiger partial charge in [-0.1, -0.05) is 0 Å². The summed E-state index contributed by atoms with van der Waals surface area (Å²) in [5, 5.41) is 14.0. The predicted octanol–water partition coefficient (Wildman–Crippen LogP) is 2.03. The number of rotatable bonds is 7. The minimum atomic E-state index is -1.10. The molecule has 1 aliphatic rings. The number of carbonyl (C=O) groups excluding carboxylic acids is 2. The number of carbonyl (C=O) groups is 3. The van der Waals surface area contributed by atoms with Gasteiger partial charge in [-0.15, -0.1) is 0 Å². The molecule has 0 saturated carbocycles. The number of benzene rings is 1. The fourth-order valence-corrected chi connectivity index (χ4v) is 2.64. The number of hydrogen-bond donors (Lipinski definition) is 3. The summed E-state index contributed by atoms with van der Waals surface area (Å²) >= 11 is 0.